The van der Waals surface area contributed by atoms with Crippen LogP contribution in [0.4, 0.5) is 4.79 Å². The Morgan fingerprint density at radius 2 is 2.25 bits per heavy atom. The number of nitrogens with one attached hydrogen (secondary N) is 3. The molecule has 2 amide bonds. The van der Waals surface area contributed by atoms with Crippen molar-refractivity contribution in [3.8, 4) is 0 Å². The Morgan fingerprint density at radius 3 is 2.80 bits per heavy atom. The van der Waals surface area contributed by atoms with Crippen molar-refractivity contribution < 1.29 is 24.2 Å². The number of carbonyl (C=O) groups excluding carboxylic acids is 2. The van der Waals surface area contributed by atoms with Gasteiger partial charge in [-0.05, 0) is 6.42 Å². The summed E-state index contributed by atoms with van der Waals surface area (Å²) < 4.78 is 4.41. The zero-order valence-corrected chi connectivity index (χ0v) is 10.9. The number of aromatic amines is 1. The third-order valence-corrected chi connectivity index (χ3v) is 2.44. The number of hydrogen-bond acceptors (Lipinski definition) is 5. The Kier molecular flexibility index (Phi) is 6.01. The number of hydrogen-bond donors (Lipinski definition) is 4. The number of esters is 1. The number of carboxylic acids is 1. The average molecular weight is 284 g/mol. The van der Waals surface area contributed by atoms with Crippen LogP contribution >= 0.6 is 0 Å². The molecule has 9 nitrogen and oxygen atoms in total. The number of ether oxygens (including phenoxy) is 1. The molecule has 0 saturated carbocycles. The molecule has 20 heavy (non-hydrogen) atoms. The standard InChI is InChI=1S/C11H16N4O5/c1-20-9(16)3-2-7(10(17)18)15-11(19)14-6-8-12-4-5-13-8/h4-5,7H,2-3,6H2,1H3,(H,12,13)(H,17,18)(H2,14,15,19)/t7-/m0/s1. The quantitative estimate of drug-likeness (QED) is 0.504. The lowest BCUT2D eigenvalue weighted by atomic mass is 10.1. The summed E-state index contributed by atoms with van der Waals surface area (Å²) in [5.74, 6) is -1.21. The van der Waals surface area contributed by atoms with Gasteiger partial charge < -0.3 is 25.5 Å². The molecule has 110 valence electrons. The van der Waals surface area contributed by atoms with Crippen LogP contribution in [0.1, 0.15) is 18.7 Å². The Bertz CT molecular complexity index is 459. The summed E-state index contributed by atoms with van der Waals surface area (Å²) in [4.78, 5) is 40.1. The number of aromatic nitrogens is 2. The molecule has 1 aromatic heterocycles. The van der Waals surface area contributed by atoms with Gasteiger partial charge in [0.1, 0.15) is 11.9 Å². The molecule has 0 fully saturated rings. The van der Waals surface area contributed by atoms with Gasteiger partial charge in [0.15, 0.2) is 0 Å². The van der Waals surface area contributed by atoms with E-state index in [4.69, 9.17) is 5.11 Å². The number of aliphatic carboxylic acids is 1. The molecular weight excluding hydrogens is 268 g/mol. The maximum atomic E-state index is 11.5. The summed E-state index contributed by atoms with van der Waals surface area (Å²) in [6, 6.07) is -1.82. The lowest BCUT2D eigenvalue weighted by Crippen LogP contribution is -2.46. The minimum atomic E-state index is -1.22. The number of methoxy groups -OCH3 is 1. The highest BCUT2D eigenvalue weighted by Gasteiger charge is 2.21. The molecule has 0 aliphatic rings. The first kappa shape index (κ1) is 15.5. The second kappa shape index (κ2) is 7.77. The molecule has 0 aliphatic carbocycles. The maximum Gasteiger partial charge on any atom is 0.326 e. The van der Waals surface area contributed by atoms with Gasteiger partial charge in [0, 0.05) is 18.8 Å². The lowest BCUT2D eigenvalue weighted by molar-refractivity contribution is -0.142. The van der Waals surface area contributed by atoms with E-state index < -0.39 is 24.0 Å². The Morgan fingerprint density at radius 1 is 1.50 bits per heavy atom. The number of urea groups is 1. The van der Waals surface area contributed by atoms with Crippen molar-refractivity contribution in [2.24, 2.45) is 0 Å². The zero-order valence-electron chi connectivity index (χ0n) is 10.9. The van der Waals surface area contributed by atoms with Crippen LogP contribution in [0.15, 0.2) is 12.4 Å². The maximum absolute atomic E-state index is 11.5. The predicted octanol–water partition coefficient (Wildman–Crippen LogP) is -0.385. The highest BCUT2D eigenvalue weighted by Crippen LogP contribution is 1.99. The molecule has 1 atom stereocenters. The molecule has 1 rings (SSSR count). The van der Waals surface area contributed by atoms with Gasteiger partial charge in [-0.25, -0.2) is 14.6 Å². The van der Waals surface area contributed by atoms with Gasteiger partial charge in [0.25, 0.3) is 0 Å². The third kappa shape index (κ3) is 5.38. The van der Waals surface area contributed by atoms with Gasteiger partial charge in [0.05, 0.1) is 13.7 Å². The minimum absolute atomic E-state index is 0.0455. The molecule has 4 N–H and O–H groups in total. The van der Waals surface area contributed by atoms with Gasteiger partial charge >= 0.3 is 18.0 Å². The van der Waals surface area contributed by atoms with E-state index in [-0.39, 0.29) is 19.4 Å². The van der Waals surface area contributed by atoms with E-state index in [9.17, 15) is 14.4 Å². The number of carboxylic acid groups (broad SMARTS) is 1. The van der Waals surface area contributed by atoms with Crippen molar-refractivity contribution in [3.05, 3.63) is 18.2 Å². The largest absolute Gasteiger partial charge is 0.480 e. The van der Waals surface area contributed by atoms with Crippen molar-refractivity contribution in [2.45, 2.75) is 25.4 Å². The molecule has 0 bridgehead atoms. The third-order valence-electron chi connectivity index (χ3n) is 2.44. The van der Waals surface area contributed by atoms with E-state index in [2.05, 4.69) is 25.3 Å². The summed E-state index contributed by atoms with van der Waals surface area (Å²) in [5, 5.41) is 13.7. The lowest BCUT2D eigenvalue weighted by Gasteiger charge is -2.14. The van der Waals surface area contributed by atoms with Crippen LogP contribution in [0, 0.1) is 0 Å². The van der Waals surface area contributed by atoms with Crippen molar-refractivity contribution in [1.82, 2.24) is 20.6 Å². The van der Waals surface area contributed by atoms with Crippen LogP contribution in [0.3, 0.4) is 0 Å². The Hall–Kier alpha value is -2.58. The smallest absolute Gasteiger partial charge is 0.326 e. The van der Waals surface area contributed by atoms with Crippen molar-refractivity contribution in [3.63, 3.8) is 0 Å². The van der Waals surface area contributed by atoms with Gasteiger partial charge in [-0.1, -0.05) is 0 Å². The summed E-state index contributed by atoms with van der Waals surface area (Å²) in [6.45, 7) is 0.141. The van der Waals surface area contributed by atoms with Crippen molar-refractivity contribution in [2.75, 3.05) is 7.11 Å². The van der Waals surface area contributed by atoms with E-state index in [0.29, 0.717) is 5.82 Å². The summed E-state index contributed by atoms with van der Waals surface area (Å²) in [6.07, 6.45) is 3.00. The normalized spacial score (nSPS) is 11.4. The van der Waals surface area contributed by atoms with E-state index in [1.54, 1.807) is 6.20 Å². The van der Waals surface area contributed by atoms with Gasteiger partial charge in [-0.2, -0.15) is 0 Å². The molecule has 0 aliphatic heterocycles. The fourth-order valence-corrected chi connectivity index (χ4v) is 1.39. The fourth-order valence-electron chi connectivity index (χ4n) is 1.39. The van der Waals surface area contributed by atoms with Crippen LogP contribution in [0.5, 0.6) is 0 Å². The highest BCUT2D eigenvalue weighted by atomic mass is 16.5. The van der Waals surface area contributed by atoms with Gasteiger partial charge in [-0.3, -0.25) is 4.79 Å². The van der Waals surface area contributed by atoms with E-state index >= 15 is 0 Å². The first-order valence-corrected chi connectivity index (χ1v) is 5.85. The number of imidazole rings is 1. The molecule has 1 heterocycles. The number of amides is 2. The average Bonchev–Trinajstić information content (AvgIpc) is 2.93. The molecular formula is C11H16N4O5. The first-order valence-electron chi connectivity index (χ1n) is 5.85. The fraction of sp³-hybridized carbons (Fsp3) is 0.455. The van der Waals surface area contributed by atoms with Gasteiger partial charge in [-0.15, -0.1) is 0 Å². The molecule has 0 unspecified atom stereocenters. The van der Waals surface area contributed by atoms with Crippen molar-refractivity contribution in [1.29, 1.82) is 0 Å². The van der Waals surface area contributed by atoms with Crippen LogP contribution in [-0.4, -0.2) is 46.2 Å². The number of rotatable bonds is 7. The van der Waals surface area contributed by atoms with Crippen LogP contribution < -0.4 is 10.6 Å². The molecule has 0 radical (unpaired) electrons. The van der Waals surface area contributed by atoms with Crippen LogP contribution in [0.2, 0.25) is 0 Å². The predicted molar refractivity (Wildman–Crippen MR) is 66.6 cm³/mol. The molecule has 0 spiro atoms. The van der Waals surface area contributed by atoms with E-state index in [1.807, 2.05) is 0 Å². The molecule has 9 heteroatoms. The van der Waals surface area contributed by atoms with Crippen molar-refractivity contribution >= 4 is 18.0 Å². The van der Waals surface area contributed by atoms with E-state index in [1.165, 1.54) is 13.3 Å². The van der Waals surface area contributed by atoms with E-state index in [0.717, 1.165) is 0 Å². The Labute approximate surface area is 114 Å². The minimum Gasteiger partial charge on any atom is -0.480 e. The topological polar surface area (TPSA) is 133 Å². The number of H-pyrrole nitrogens is 1. The SMILES string of the molecule is COC(=O)CC[C@H](NC(=O)NCc1ncc[nH]1)C(=O)O. The molecule has 1 aromatic rings. The van der Waals surface area contributed by atoms with Gasteiger partial charge in [0.2, 0.25) is 0 Å². The number of carbonyl (C=O) groups is 3. The summed E-state index contributed by atoms with van der Waals surface area (Å²) in [5.41, 5.74) is 0. The number of nitrogens with zero attached hydrogens (tertiary/aromatic N) is 1. The summed E-state index contributed by atoms with van der Waals surface area (Å²) >= 11 is 0. The van der Waals surface area contributed by atoms with Crippen LogP contribution in [0.25, 0.3) is 0 Å². The second-order valence-corrected chi connectivity index (χ2v) is 3.87. The first-order chi connectivity index (χ1) is 9.52. The second-order valence-electron chi connectivity index (χ2n) is 3.87. The summed E-state index contributed by atoms with van der Waals surface area (Å²) in [7, 11) is 1.21. The Balaban J connectivity index is 2.38. The zero-order chi connectivity index (χ0) is 15.0. The molecule has 0 saturated heterocycles. The monoisotopic (exact) mass is 284 g/mol. The molecule has 0 aromatic carbocycles. The van der Waals surface area contributed by atoms with Crippen LogP contribution in [-0.2, 0) is 20.9 Å². The highest BCUT2D eigenvalue weighted by molar-refractivity contribution is 5.83.